The van der Waals surface area contributed by atoms with Gasteiger partial charge in [-0.05, 0) is 60.9 Å². The summed E-state index contributed by atoms with van der Waals surface area (Å²) in [5, 5.41) is 6.11. The number of nitrogens with zero attached hydrogens (tertiary/aromatic N) is 2. The van der Waals surface area contributed by atoms with Crippen molar-refractivity contribution in [2.75, 3.05) is 18.4 Å². The van der Waals surface area contributed by atoms with Gasteiger partial charge in [0.2, 0.25) is 15.9 Å². The molecular weight excluding hydrogens is 488 g/mol. The highest BCUT2D eigenvalue weighted by molar-refractivity contribution is 7.89. The van der Waals surface area contributed by atoms with Gasteiger partial charge < -0.3 is 10.6 Å². The fourth-order valence-electron chi connectivity index (χ4n) is 3.94. The Balaban J connectivity index is 1.43. The third kappa shape index (κ3) is 6.05. The number of hydrogen-bond donors (Lipinski definition) is 2. The second-order valence-corrected chi connectivity index (χ2v) is 10.6. The first-order valence-electron chi connectivity index (χ1n) is 11.2. The van der Waals surface area contributed by atoms with Gasteiger partial charge in [0.05, 0.1) is 22.1 Å². The van der Waals surface area contributed by atoms with E-state index in [-0.39, 0.29) is 23.3 Å². The smallest absolute Gasteiger partial charge is 0.253 e. The van der Waals surface area contributed by atoms with E-state index in [1.807, 2.05) is 6.07 Å². The number of pyridine rings is 1. The van der Waals surface area contributed by atoms with Gasteiger partial charge in [-0.15, -0.1) is 0 Å². The molecule has 1 fully saturated rings. The Bertz CT molecular complexity index is 1300. The van der Waals surface area contributed by atoms with E-state index >= 15 is 0 Å². The van der Waals surface area contributed by atoms with Crippen LogP contribution in [0.4, 0.5) is 5.69 Å². The molecule has 0 aliphatic carbocycles. The minimum Gasteiger partial charge on any atom is -0.348 e. The summed E-state index contributed by atoms with van der Waals surface area (Å²) >= 11 is 5.88. The van der Waals surface area contributed by atoms with Crippen LogP contribution in [0.3, 0.4) is 0 Å². The molecule has 35 heavy (non-hydrogen) atoms. The molecule has 0 radical (unpaired) electrons. The number of carbonyl (C=O) groups is 2. The Labute approximate surface area is 209 Å². The molecule has 0 saturated carbocycles. The zero-order valence-corrected chi connectivity index (χ0v) is 20.4. The quantitative estimate of drug-likeness (QED) is 0.501. The van der Waals surface area contributed by atoms with Gasteiger partial charge in [-0.25, -0.2) is 8.42 Å². The Morgan fingerprint density at radius 2 is 1.83 bits per heavy atom. The number of para-hydroxylation sites is 1. The van der Waals surface area contributed by atoms with E-state index in [0.717, 1.165) is 5.56 Å². The molecule has 10 heteroatoms. The predicted molar refractivity (Wildman–Crippen MR) is 133 cm³/mol. The number of carbonyl (C=O) groups excluding carboxylic acids is 2. The lowest BCUT2D eigenvalue weighted by molar-refractivity contribution is -0.120. The van der Waals surface area contributed by atoms with E-state index in [9.17, 15) is 18.0 Å². The Morgan fingerprint density at radius 1 is 1.06 bits per heavy atom. The predicted octanol–water partition coefficient (Wildman–Crippen LogP) is 3.70. The molecule has 0 bridgehead atoms. The van der Waals surface area contributed by atoms with Crippen molar-refractivity contribution < 1.29 is 18.0 Å². The average Bonchev–Trinajstić information content (AvgIpc) is 2.88. The molecular formula is C25H25ClN4O4S. The summed E-state index contributed by atoms with van der Waals surface area (Å²) in [5.74, 6) is -1.20. The summed E-state index contributed by atoms with van der Waals surface area (Å²) in [5.41, 5.74) is 1.55. The molecule has 4 rings (SSSR count). The number of benzene rings is 2. The molecule has 1 aliphatic rings. The molecule has 2 heterocycles. The van der Waals surface area contributed by atoms with Crippen LogP contribution in [0.25, 0.3) is 0 Å². The average molecular weight is 513 g/mol. The maximum Gasteiger partial charge on any atom is 0.253 e. The van der Waals surface area contributed by atoms with Gasteiger partial charge in [0.15, 0.2) is 0 Å². The van der Waals surface area contributed by atoms with E-state index in [1.165, 1.54) is 28.6 Å². The van der Waals surface area contributed by atoms with E-state index in [0.29, 0.717) is 42.2 Å². The molecule has 1 aliphatic heterocycles. The van der Waals surface area contributed by atoms with Gasteiger partial charge in [0, 0.05) is 37.1 Å². The third-order valence-corrected chi connectivity index (χ3v) is 7.94. The van der Waals surface area contributed by atoms with Crippen molar-refractivity contribution in [3.63, 3.8) is 0 Å². The highest BCUT2D eigenvalue weighted by atomic mass is 35.5. The first kappa shape index (κ1) is 24.8. The van der Waals surface area contributed by atoms with Gasteiger partial charge in [-0.3, -0.25) is 14.6 Å². The summed E-state index contributed by atoms with van der Waals surface area (Å²) in [7, 11) is -3.75. The zero-order valence-electron chi connectivity index (χ0n) is 18.9. The molecule has 2 N–H and O–H groups in total. The van der Waals surface area contributed by atoms with Crippen LogP contribution in [0.5, 0.6) is 0 Å². The molecule has 3 aromatic rings. The van der Waals surface area contributed by atoms with E-state index in [4.69, 9.17) is 11.6 Å². The van der Waals surface area contributed by atoms with Crippen LogP contribution < -0.4 is 10.6 Å². The normalized spacial score (nSPS) is 16.4. The molecule has 8 nitrogen and oxygen atoms in total. The highest BCUT2D eigenvalue weighted by Gasteiger charge is 2.33. The van der Waals surface area contributed by atoms with Crippen LogP contribution in [0.2, 0.25) is 5.02 Å². The number of anilines is 1. The number of piperidine rings is 1. The Hall–Kier alpha value is -3.27. The van der Waals surface area contributed by atoms with Gasteiger partial charge >= 0.3 is 0 Å². The second kappa shape index (κ2) is 11.0. The number of rotatable bonds is 7. The molecule has 1 atom stereocenters. The van der Waals surface area contributed by atoms with Crippen molar-refractivity contribution in [3.8, 4) is 0 Å². The third-order valence-electron chi connectivity index (χ3n) is 5.81. The number of halogens is 1. The largest absolute Gasteiger partial charge is 0.348 e. The van der Waals surface area contributed by atoms with Gasteiger partial charge in [0.1, 0.15) is 0 Å². The highest BCUT2D eigenvalue weighted by Crippen LogP contribution is 2.26. The topological polar surface area (TPSA) is 108 Å². The minimum absolute atomic E-state index is 0.0617. The van der Waals surface area contributed by atoms with Crippen molar-refractivity contribution in [3.05, 3.63) is 89.2 Å². The van der Waals surface area contributed by atoms with E-state index in [2.05, 4.69) is 15.6 Å². The van der Waals surface area contributed by atoms with Crippen LogP contribution in [0.15, 0.2) is 78.0 Å². The molecule has 1 aromatic heterocycles. The van der Waals surface area contributed by atoms with Crippen LogP contribution >= 0.6 is 11.6 Å². The second-order valence-electron chi connectivity index (χ2n) is 8.23. The van der Waals surface area contributed by atoms with Gasteiger partial charge in [-0.2, -0.15) is 4.31 Å². The van der Waals surface area contributed by atoms with Gasteiger partial charge in [0.25, 0.3) is 5.91 Å². The van der Waals surface area contributed by atoms with Crippen LogP contribution in [0, 0.1) is 5.92 Å². The fraction of sp³-hybridized carbons (Fsp3) is 0.240. The molecule has 2 amide bonds. The van der Waals surface area contributed by atoms with Crippen LogP contribution in [-0.4, -0.2) is 42.6 Å². The SMILES string of the molecule is O=C(NCc1cccnc1)c1ccccc1NC(=O)[C@H]1CCCN(S(=O)(=O)c2ccc(Cl)cc2)C1. The number of nitrogens with one attached hydrogen (secondary N) is 2. The Kier molecular flexibility index (Phi) is 7.80. The zero-order chi connectivity index (χ0) is 24.8. The summed E-state index contributed by atoms with van der Waals surface area (Å²) in [6, 6.07) is 16.3. The maximum absolute atomic E-state index is 13.1. The molecule has 2 aromatic carbocycles. The number of amides is 2. The summed E-state index contributed by atoms with van der Waals surface area (Å²) in [6.07, 6.45) is 4.43. The van der Waals surface area contributed by atoms with Crippen molar-refractivity contribution >= 4 is 39.1 Å². The number of hydrogen-bond acceptors (Lipinski definition) is 5. The Morgan fingerprint density at radius 3 is 2.57 bits per heavy atom. The number of aromatic nitrogens is 1. The maximum atomic E-state index is 13.1. The van der Waals surface area contributed by atoms with Crippen molar-refractivity contribution in [1.82, 2.24) is 14.6 Å². The monoisotopic (exact) mass is 512 g/mol. The van der Waals surface area contributed by atoms with Crippen molar-refractivity contribution in [1.29, 1.82) is 0 Å². The van der Waals surface area contributed by atoms with E-state index < -0.39 is 15.9 Å². The first-order chi connectivity index (χ1) is 16.8. The van der Waals surface area contributed by atoms with Crippen LogP contribution in [-0.2, 0) is 21.4 Å². The lowest BCUT2D eigenvalue weighted by atomic mass is 9.98. The molecule has 182 valence electrons. The minimum atomic E-state index is -3.75. The van der Waals surface area contributed by atoms with Crippen LogP contribution in [0.1, 0.15) is 28.8 Å². The number of sulfonamides is 1. The lowest BCUT2D eigenvalue weighted by Gasteiger charge is -2.31. The molecule has 0 unspecified atom stereocenters. The van der Waals surface area contributed by atoms with E-state index in [1.54, 1.807) is 42.7 Å². The fourth-order valence-corrected chi connectivity index (χ4v) is 5.59. The molecule has 0 spiro atoms. The first-order valence-corrected chi connectivity index (χ1v) is 13.0. The van der Waals surface area contributed by atoms with Gasteiger partial charge in [-0.1, -0.05) is 29.8 Å². The lowest BCUT2D eigenvalue weighted by Crippen LogP contribution is -2.43. The summed E-state index contributed by atoms with van der Waals surface area (Å²) in [6.45, 7) is 0.698. The summed E-state index contributed by atoms with van der Waals surface area (Å²) < 4.78 is 27.4. The van der Waals surface area contributed by atoms with Crippen molar-refractivity contribution in [2.24, 2.45) is 5.92 Å². The van der Waals surface area contributed by atoms with Crippen molar-refractivity contribution in [2.45, 2.75) is 24.3 Å². The standard InChI is InChI=1S/C25H25ClN4O4S/c26-20-9-11-21(12-10-20)35(33,34)30-14-4-6-19(17-30)24(31)29-23-8-2-1-7-22(23)25(32)28-16-18-5-3-13-27-15-18/h1-3,5,7-13,15,19H,4,6,14,16-17H2,(H,28,32)(H,29,31)/t19-/m0/s1. The molecule has 1 saturated heterocycles. The summed E-state index contributed by atoms with van der Waals surface area (Å²) in [4.78, 5) is 30.0.